The van der Waals surface area contributed by atoms with Gasteiger partial charge in [-0.1, -0.05) is 20.8 Å². The maximum absolute atomic E-state index is 12.7. The molecule has 122 valence electrons. The first-order valence-electron chi connectivity index (χ1n) is 7.35. The summed E-state index contributed by atoms with van der Waals surface area (Å²) in [5.41, 5.74) is 0. The first kappa shape index (κ1) is 18.7. The molecule has 0 spiro atoms. The van der Waals surface area contributed by atoms with Crippen LogP contribution in [0.3, 0.4) is 0 Å². The molecule has 1 aromatic rings. The minimum Gasteiger partial charge on any atom is -0.452 e. The fourth-order valence-corrected chi connectivity index (χ4v) is 4.67. The Bertz CT molecular complexity index is 538. The Morgan fingerprint density at radius 3 is 2.48 bits per heavy atom. The zero-order valence-corrected chi connectivity index (χ0v) is 15.6. The second-order valence-corrected chi connectivity index (χ2v) is 7.71. The lowest BCUT2D eigenvalue weighted by molar-refractivity contribution is 0.349. The van der Waals surface area contributed by atoms with E-state index in [0.29, 0.717) is 12.3 Å². The van der Waals surface area contributed by atoms with Gasteiger partial charge in [0, 0.05) is 19.2 Å². The predicted molar refractivity (Wildman–Crippen MR) is 87.7 cm³/mol. The van der Waals surface area contributed by atoms with Crippen molar-refractivity contribution in [2.45, 2.75) is 57.5 Å². The number of nitrogens with zero attached hydrogens (tertiary/aromatic N) is 1. The van der Waals surface area contributed by atoms with Crippen LogP contribution in [0, 0.1) is 0 Å². The second kappa shape index (κ2) is 8.31. The van der Waals surface area contributed by atoms with Crippen LogP contribution >= 0.6 is 15.9 Å². The van der Waals surface area contributed by atoms with Gasteiger partial charge in [0.2, 0.25) is 10.0 Å². The van der Waals surface area contributed by atoms with Crippen LogP contribution in [0.2, 0.25) is 0 Å². The molecular formula is C14H25BrN2O3S. The van der Waals surface area contributed by atoms with E-state index in [1.165, 1.54) is 4.31 Å². The summed E-state index contributed by atoms with van der Waals surface area (Å²) in [5.74, 6) is 0.617. The van der Waals surface area contributed by atoms with Crippen molar-refractivity contribution in [1.29, 1.82) is 0 Å². The van der Waals surface area contributed by atoms with Gasteiger partial charge in [-0.2, -0.15) is 4.31 Å². The van der Waals surface area contributed by atoms with Gasteiger partial charge in [-0.15, -0.1) is 0 Å². The Morgan fingerprint density at radius 1 is 1.33 bits per heavy atom. The average molecular weight is 381 g/mol. The summed E-state index contributed by atoms with van der Waals surface area (Å²) in [6.07, 6.45) is 2.59. The molecule has 1 N–H and O–H groups in total. The lowest BCUT2D eigenvalue weighted by Gasteiger charge is -2.24. The molecule has 21 heavy (non-hydrogen) atoms. The molecule has 0 amide bonds. The molecule has 0 aliphatic heterocycles. The van der Waals surface area contributed by atoms with Crippen LogP contribution in [-0.2, 0) is 16.6 Å². The standard InChI is InChI=1S/C14H25BrN2O3S/c1-5-8-16-10-12-9-13(14(15)20-12)21(18,19)17(4)11(6-2)7-3/h9,11,16H,5-8,10H2,1-4H3. The SMILES string of the molecule is CCCNCc1cc(S(=O)(=O)N(C)C(CC)CC)c(Br)o1. The Hall–Kier alpha value is -0.370. The van der Waals surface area contributed by atoms with Crippen LogP contribution in [0.15, 0.2) is 20.0 Å². The van der Waals surface area contributed by atoms with Crippen molar-refractivity contribution < 1.29 is 12.8 Å². The summed E-state index contributed by atoms with van der Waals surface area (Å²) >= 11 is 3.22. The van der Waals surface area contributed by atoms with Crippen molar-refractivity contribution in [3.8, 4) is 0 Å². The maximum atomic E-state index is 12.7. The summed E-state index contributed by atoms with van der Waals surface area (Å²) < 4.78 is 32.5. The highest BCUT2D eigenvalue weighted by atomic mass is 79.9. The third kappa shape index (κ3) is 4.55. The van der Waals surface area contributed by atoms with Gasteiger partial charge in [-0.25, -0.2) is 8.42 Å². The molecule has 0 aromatic carbocycles. The fourth-order valence-electron chi connectivity index (χ4n) is 2.20. The summed E-state index contributed by atoms with van der Waals surface area (Å²) in [5, 5.41) is 3.19. The molecule has 7 heteroatoms. The molecule has 1 aromatic heterocycles. The van der Waals surface area contributed by atoms with E-state index in [9.17, 15) is 8.42 Å². The van der Waals surface area contributed by atoms with E-state index in [2.05, 4.69) is 28.2 Å². The molecule has 1 rings (SSSR count). The second-order valence-electron chi connectivity index (χ2n) is 5.02. The number of nitrogens with one attached hydrogen (secondary N) is 1. The molecule has 0 fully saturated rings. The summed E-state index contributed by atoms with van der Waals surface area (Å²) in [7, 11) is -1.91. The molecule has 1 heterocycles. The van der Waals surface area contributed by atoms with E-state index >= 15 is 0 Å². The number of hydrogen-bond donors (Lipinski definition) is 1. The first-order valence-corrected chi connectivity index (χ1v) is 9.58. The van der Waals surface area contributed by atoms with Gasteiger partial charge in [0.1, 0.15) is 10.7 Å². The van der Waals surface area contributed by atoms with Crippen molar-refractivity contribution in [3.05, 3.63) is 16.5 Å². The summed E-state index contributed by atoms with van der Waals surface area (Å²) in [6, 6.07) is 1.60. The van der Waals surface area contributed by atoms with Gasteiger partial charge in [0.05, 0.1) is 6.54 Å². The molecule has 0 bridgehead atoms. The zero-order chi connectivity index (χ0) is 16.0. The smallest absolute Gasteiger partial charge is 0.247 e. The van der Waals surface area contributed by atoms with Crippen molar-refractivity contribution in [1.82, 2.24) is 9.62 Å². The first-order chi connectivity index (χ1) is 9.88. The predicted octanol–water partition coefficient (Wildman–Crippen LogP) is 3.35. The van der Waals surface area contributed by atoms with E-state index in [4.69, 9.17) is 4.42 Å². The minimum atomic E-state index is -3.54. The molecule has 0 unspecified atom stereocenters. The number of furan rings is 1. The van der Waals surface area contributed by atoms with Crippen molar-refractivity contribution in [3.63, 3.8) is 0 Å². The Kier molecular flexibility index (Phi) is 7.39. The van der Waals surface area contributed by atoms with Crippen LogP contribution in [0.4, 0.5) is 0 Å². The van der Waals surface area contributed by atoms with Crippen LogP contribution in [-0.4, -0.2) is 32.4 Å². The highest BCUT2D eigenvalue weighted by Crippen LogP contribution is 2.29. The molecule has 0 saturated carbocycles. The van der Waals surface area contributed by atoms with Gasteiger partial charge < -0.3 is 9.73 Å². The number of halogens is 1. The molecular weight excluding hydrogens is 356 g/mol. The van der Waals surface area contributed by atoms with Gasteiger partial charge in [0.15, 0.2) is 4.67 Å². The van der Waals surface area contributed by atoms with E-state index in [1.54, 1.807) is 13.1 Å². The van der Waals surface area contributed by atoms with Gasteiger partial charge in [-0.3, -0.25) is 0 Å². The molecule has 0 radical (unpaired) electrons. The third-order valence-electron chi connectivity index (χ3n) is 3.55. The van der Waals surface area contributed by atoms with Gasteiger partial charge >= 0.3 is 0 Å². The molecule has 0 aliphatic rings. The molecule has 5 nitrogen and oxygen atoms in total. The van der Waals surface area contributed by atoms with Crippen LogP contribution in [0.25, 0.3) is 0 Å². The third-order valence-corrected chi connectivity index (χ3v) is 6.31. The van der Waals surface area contributed by atoms with Crippen LogP contribution in [0.1, 0.15) is 45.8 Å². The average Bonchev–Trinajstić information content (AvgIpc) is 2.82. The van der Waals surface area contributed by atoms with Crippen LogP contribution in [0.5, 0.6) is 0 Å². The van der Waals surface area contributed by atoms with E-state index < -0.39 is 10.0 Å². The summed E-state index contributed by atoms with van der Waals surface area (Å²) in [6.45, 7) is 7.45. The monoisotopic (exact) mass is 380 g/mol. The lowest BCUT2D eigenvalue weighted by atomic mass is 10.2. The van der Waals surface area contributed by atoms with E-state index in [-0.39, 0.29) is 15.6 Å². The Balaban J connectivity index is 2.98. The van der Waals surface area contributed by atoms with E-state index in [0.717, 1.165) is 25.8 Å². The topological polar surface area (TPSA) is 62.6 Å². The number of sulfonamides is 1. The molecule has 0 atom stereocenters. The fraction of sp³-hybridized carbons (Fsp3) is 0.714. The maximum Gasteiger partial charge on any atom is 0.247 e. The number of rotatable bonds is 9. The number of hydrogen-bond acceptors (Lipinski definition) is 4. The van der Waals surface area contributed by atoms with Crippen LogP contribution < -0.4 is 5.32 Å². The zero-order valence-electron chi connectivity index (χ0n) is 13.1. The lowest BCUT2D eigenvalue weighted by Crippen LogP contribution is -2.36. The van der Waals surface area contributed by atoms with Crippen molar-refractivity contribution >= 4 is 26.0 Å². The van der Waals surface area contributed by atoms with Crippen molar-refractivity contribution in [2.75, 3.05) is 13.6 Å². The normalized spacial score (nSPS) is 12.5. The van der Waals surface area contributed by atoms with Crippen molar-refractivity contribution in [2.24, 2.45) is 0 Å². The Morgan fingerprint density at radius 2 is 1.95 bits per heavy atom. The largest absolute Gasteiger partial charge is 0.452 e. The highest BCUT2D eigenvalue weighted by Gasteiger charge is 2.30. The Labute approximate surface area is 136 Å². The molecule has 0 aliphatic carbocycles. The molecule has 0 saturated heterocycles. The minimum absolute atomic E-state index is 0.00142. The quantitative estimate of drug-likeness (QED) is 0.667. The van der Waals surface area contributed by atoms with Gasteiger partial charge in [0.25, 0.3) is 0 Å². The highest BCUT2D eigenvalue weighted by molar-refractivity contribution is 9.10. The van der Waals surface area contributed by atoms with E-state index in [1.807, 2.05) is 13.8 Å². The van der Waals surface area contributed by atoms with Gasteiger partial charge in [-0.05, 0) is 41.7 Å². The summed E-state index contributed by atoms with van der Waals surface area (Å²) in [4.78, 5) is 0.199.